The summed E-state index contributed by atoms with van der Waals surface area (Å²) in [4.78, 5) is 12.3. The van der Waals surface area contributed by atoms with Crippen molar-refractivity contribution in [2.45, 2.75) is 20.0 Å². The van der Waals surface area contributed by atoms with E-state index < -0.39 is 0 Å². The van der Waals surface area contributed by atoms with Crippen LogP contribution in [-0.4, -0.2) is 12.0 Å². The van der Waals surface area contributed by atoms with Gasteiger partial charge < -0.3 is 10.1 Å². The van der Waals surface area contributed by atoms with Crippen LogP contribution in [0.3, 0.4) is 0 Å². The van der Waals surface area contributed by atoms with E-state index in [9.17, 15) is 4.79 Å². The van der Waals surface area contributed by atoms with E-state index in [1.165, 1.54) is 0 Å². The molecule has 0 bridgehead atoms. The fraction of sp³-hybridized carbons (Fsp3) is 0.150. The Balaban J connectivity index is 1.81. The lowest BCUT2D eigenvalue weighted by Crippen LogP contribution is -2.18. The summed E-state index contributed by atoms with van der Waals surface area (Å²) in [7, 11) is 0. The quantitative estimate of drug-likeness (QED) is 0.802. The molecule has 0 saturated carbocycles. The van der Waals surface area contributed by atoms with Gasteiger partial charge in [0.2, 0.25) is 0 Å². The average molecular weight is 303 g/mol. The smallest absolute Gasteiger partial charge is 0.256 e. The van der Waals surface area contributed by atoms with Gasteiger partial charge in [0.15, 0.2) is 0 Å². The zero-order chi connectivity index (χ0) is 16.0. The summed E-state index contributed by atoms with van der Waals surface area (Å²) in [6.45, 7) is 4.03. The van der Waals surface area contributed by atoms with Crippen molar-refractivity contribution in [1.29, 1.82) is 0 Å². The first kappa shape index (κ1) is 13.8. The SMILES string of the molecule is Cc1ccc2c(c1)/C(=C/C1=Cc3ccccc3OC1C)C(=O)N2. The second kappa shape index (κ2) is 5.13. The summed E-state index contributed by atoms with van der Waals surface area (Å²) in [6, 6.07) is 13.9. The van der Waals surface area contributed by atoms with Crippen molar-refractivity contribution in [3.63, 3.8) is 0 Å². The van der Waals surface area contributed by atoms with Crippen LogP contribution in [0.4, 0.5) is 5.69 Å². The van der Waals surface area contributed by atoms with Crippen LogP contribution in [0.2, 0.25) is 0 Å². The van der Waals surface area contributed by atoms with Gasteiger partial charge in [0.25, 0.3) is 5.91 Å². The highest BCUT2D eigenvalue weighted by atomic mass is 16.5. The molecule has 2 aromatic carbocycles. The maximum atomic E-state index is 12.3. The van der Waals surface area contributed by atoms with E-state index in [0.717, 1.165) is 33.7 Å². The van der Waals surface area contributed by atoms with Gasteiger partial charge in [-0.15, -0.1) is 0 Å². The molecule has 3 heteroatoms. The highest BCUT2D eigenvalue weighted by Crippen LogP contribution is 2.36. The van der Waals surface area contributed by atoms with Crippen LogP contribution < -0.4 is 10.1 Å². The lowest BCUT2D eigenvalue weighted by atomic mass is 9.97. The highest BCUT2D eigenvalue weighted by molar-refractivity contribution is 6.32. The molecule has 0 aliphatic carbocycles. The number of anilines is 1. The van der Waals surface area contributed by atoms with E-state index in [4.69, 9.17) is 4.74 Å². The number of aryl methyl sites for hydroxylation is 1. The molecule has 3 nitrogen and oxygen atoms in total. The van der Waals surface area contributed by atoms with E-state index in [-0.39, 0.29) is 12.0 Å². The van der Waals surface area contributed by atoms with Crippen LogP contribution in [0.25, 0.3) is 11.6 Å². The van der Waals surface area contributed by atoms with Crippen molar-refractivity contribution >= 4 is 23.2 Å². The minimum atomic E-state index is -0.0842. The maximum Gasteiger partial charge on any atom is 0.256 e. The number of benzene rings is 2. The van der Waals surface area contributed by atoms with E-state index in [0.29, 0.717) is 5.57 Å². The first-order chi connectivity index (χ1) is 11.1. The number of amides is 1. The number of fused-ring (bicyclic) bond motifs is 2. The summed E-state index contributed by atoms with van der Waals surface area (Å²) in [6.07, 6.45) is 3.96. The number of nitrogens with one attached hydrogen (secondary N) is 1. The second-order valence-corrected chi connectivity index (χ2v) is 6.00. The minimum Gasteiger partial charge on any atom is -0.485 e. The summed E-state index contributed by atoms with van der Waals surface area (Å²) >= 11 is 0. The molecule has 4 rings (SSSR count). The molecule has 0 aromatic heterocycles. The maximum absolute atomic E-state index is 12.3. The van der Waals surface area contributed by atoms with Gasteiger partial charge in [-0.3, -0.25) is 4.79 Å². The molecule has 114 valence electrons. The molecule has 0 fully saturated rings. The van der Waals surface area contributed by atoms with E-state index >= 15 is 0 Å². The molecular formula is C20H17NO2. The third-order valence-corrected chi connectivity index (χ3v) is 4.28. The van der Waals surface area contributed by atoms with Crippen molar-refractivity contribution in [3.05, 3.63) is 70.8 Å². The lowest BCUT2D eigenvalue weighted by Gasteiger charge is -2.23. The van der Waals surface area contributed by atoms with Gasteiger partial charge in [-0.2, -0.15) is 0 Å². The normalized spacial score (nSPS) is 20.4. The predicted octanol–water partition coefficient (Wildman–Crippen LogP) is 4.20. The predicted molar refractivity (Wildman–Crippen MR) is 92.3 cm³/mol. The summed E-state index contributed by atoms with van der Waals surface area (Å²) in [5, 5.41) is 2.92. The van der Waals surface area contributed by atoms with Crippen LogP contribution in [0.5, 0.6) is 5.75 Å². The Hall–Kier alpha value is -2.81. The van der Waals surface area contributed by atoms with Gasteiger partial charge in [-0.25, -0.2) is 0 Å². The van der Waals surface area contributed by atoms with Gasteiger partial charge >= 0.3 is 0 Å². The first-order valence-corrected chi connectivity index (χ1v) is 7.73. The van der Waals surface area contributed by atoms with Gasteiger partial charge in [0, 0.05) is 22.4 Å². The molecule has 0 spiro atoms. The average Bonchev–Trinajstić information content (AvgIpc) is 2.83. The van der Waals surface area contributed by atoms with Gasteiger partial charge in [0.05, 0.1) is 0 Å². The molecule has 0 radical (unpaired) electrons. The Morgan fingerprint density at radius 3 is 2.87 bits per heavy atom. The number of carbonyl (C=O) groups excluding carboxylic acids is 1. The summed E-state index contributed by atoms with van der Waals surface area (Å²) in [5.74, 6) is 0.826. The Labute approximate surface area is 135 Å². The molecule has 1 N–H and O–H groups in total. The van der Waals surface area contributed by atoms with Crippen LogP contribution in [-0.2, 0) is 4.79 Å². The Kier molecular flexibility index (Phi) is 3.08. The van der Waals surface area contributed by atoms with Crippen LogP contribution >= 0.6 is 0 Å². The fourth-order valence-electron chi connectivity index (χ4n) is 3.03. The topological polar surface area (TPSA) is 38.3 Å². The molecule has 2 aliphatic rings. The fourth-order valence-corrected chi connectivity index (χ4v) is 3.03. The monoisotopic (exact) mass is 303 g/mol. The third kappa shape index (κ3) is 2.34. The molecular weight excluding hydrogens is 286 g/mol. The van der Waals surface area contributed by atoms with Gasteiger partial charge in [-0.1, -0.05) is 29.8 Å². The number of para-hydroxylation sites is 1. The molecule has 2 aliphatic heterocycles. The summed E-state index contributed by atoms with van der Waals surface area (Å²) < 4.78 is 5.96. The van der Waals surface area contributed by atoms with Gasteiger partial charge in [-0.05, 0) is 49.8 Å². The van der Waals surface area contributed by atoms with Crippen LogP contribution in [0.1, 0.15) is 23.6 Å². The second-order valence-electron chi connectivity index (χ2n) is 6.00. The van der Waals surface area contributed by atoms with E-state index in [1.54, 1.807) is 0 Å². The number of hydrogen-bond donors (Lipinski definition) is 1. The molecule has 1 amide bonds. The zero-order valence-corrected chi connectivity index (χ0v) is 13.1. The van der Waals surface area contributed by atoms with Crippen molar-refractivity contribution in [3.8, 4) is 5.75 Å². The van der Waals surface area contributed by atoms with Crippen LogP contribution in [0.15, 0.2) is 54.1 Å². The Morgan fingerprint density at radius 2 is 2.00 bits per heavy atom. The molecule has 1 unspecified atom stereocenters. The number of carbonyl (C=O) groups is 1. The van der Waals surface area contributed by atoms with Gasteiger partial charge in [0.1, 0.15) is 11.9 Å². The first-order valence-electron chi connectivity index (χ1n) is 7.73. The molecule has 23 heavy (non-hydrogen) atoms. The molecule has 0 saturated heterocycles. The number of hydrogen-bond acceptors (Lipinski definition) is 2. The Bertz CT molecular complexity index is 877. The number of ether oxygens (including phenoxy) is 1. The minimum absolute atomic E-state index is 0.0578. The molecule has 1 atom stereocenters. The highest BCUT2D eigenvalue weighted by Gasteiger charge is 2.26. The zero-order valence-electron chi connectivity index (χ0n) is 13.1. The standard InChI is InChI=1S/C20H17NO2/c1-12-7-8-18-16(9-12)17(20(22)21-18)11-15-10-14-5-3-4-6-19(14)23-13(15)2/h3-11,13H,1-2H3,(H,21,22)/b17-11-. The summed E-state index contributed by atoms with van der Waals surface area (Å²) in [5.41, 5.74) is 5.71. The largest absolute Gasteiger partial charge is 0.485 e. The molecule has 2 heterocycles. The van der Waals surface area contributed by atoms with Crippen molar-refractivity contribution < 1.29 is 9.53 Å². The van der Waals surface area contributed by atoms with Crippen molar-refractivity contribution in [1.82, 2.24) is 0 Å². The Morgan fingerprint density at radius 1 is 1.17 bits per heavy atom. The van der Waals surface area contributed by atoms with Crippen LogP contribution in [0, 0.1) is 6.92 Å². The molecule has 2 aromatic rings. The van der Waals surface area contributed by atoms with Crippen molar-refractivity contribution in [2.75, 3.05) is 5.32 Å². The van der Waals surface area contributed by atoms with Crippen molar-refractivity contribution in [2.24, 2.45) is 0 Å². The number of rotatable bonds is 1. The van der Waals surface area contributed by atoms with E-state index in [1.807, 2.05) is 62.4 Å². The lowest BCUT2D eigenvalue weighted by molar-refractivity contribution is -0.110. The van der Waals surface area contributed by atoms with E-state index in [2.05, 4.69) is 11.4 Å². The third-order valence-electron chi connectivity index (χ3n) is 4.28.